The van der Waals surface area contributed by atoms with E-state index in [0.717, 1.165) is 36.9 Å². The predicted molar refractivity (Wildman–Crippen MR) is 83.9 cm³/mol. The first-order valence-corrected chi connectivity index (χ1v) is 9.40. The summed E-state index contributed by atoms with van der Waals surface area (Å²) in [5, 5.41) is 4.31. The van der Waals surface area contributed by atoms with E-state index < -0.39 is 10.0 Å². The summed E-state index contributed by atoms with van der Waals surface area (Å²) in [5.41, 5.74) is 1.84. The Kier molecular flexibility index (Phi) is 5.23. The lowest BCUT2D eigenvalue weighted by atomic mass is 10.0. The van der Waals surface area contributed by atoms with Gasteiger partial charge in [0.1, 0.15) is 6.54 Å². The molecule has 1 aliphatic heterocycles. The maximum atomic E-state index is 12.6. The Balaban J connectivity index is 2.03. The Morgan fingerprint density at radius 3 is 2.73 bits per heavy atom. The lowest BCUT2D eigenvalue weighted by molar-refractivity contribution is -0.135. The van der Waals surface area contributed by atoms with Crippen molar-refractivity contribution in [3.05, 3.63) is 17.5 Å². The van der Waals surface area contributed by atoms with Gasteiger partial charge in [-0.05, 0) is 39.2 Å². The second-order valence-electron chi connectivity index (χ2n) is 5.94. The van der Waals surface area contributed by atoms with Crippen molar-refractivity contribution in [2.24, 2.45) is 0 Å². The molecule has 0 spiro atoms. The summed E-state index contributed by atoms with van der Waals surface area (Å²) in [7, 11) is -3.24. The van der Waals surface area contributed by atoms with E-state index in [-0.39, 0.29) is 25.0 Å². The Morgan fingerprint density at radius 1 is 1.41 bits per heavy atom. The minimum absolute atomic E-state index is 0.00815. The van der Waals surface area contributed by atoms with Gasteiger partial charge in [0.2, 0.25) is 15.9 Å². The molecule has 1 aromatic rings. The fraction of sp³-hybridized carbons (Fsp3) is 0.714. The molecule has 2 heterocycles. The zero-order chi connectivity index (χ0) is 16.3. The molecular formula is C14H24N4O3S. The average Bonchev–Trinajstić information content (AvgIpc) is 2.74. The molecule has 124 valence electrons. The molecule has 1 N–H and O–H groups in total. The number of aryl methyl sites for hydroxylation is 2. The smallest absolute Gasteiger partial charge is 0.244 e. The lowest BCUT2D eigenvalue weighted by Crippen LogP contribution is -2.50. The zero-order valence-electron chi connectivity index (χ0n) is 13.4. The molecular weight excluding hydrogens is 304 g/mol. The van der Waals surface area contributed by atoms with Crippen LogP contribution >= 0.6 is 0 Å². The summed E-state index contributed by atoms with van der Waals surface area (Å²) in [5.74, 6) is -0.00815. The number of amides is 1. The number of likely N-dealkylation sites (tertiary alicyclic amines) is 1. The van der Waals surface area contributed by atoms with Crippen molar-refractivity contribution in [1.29, 1.82) is 0 Å². The molecule has 0 aliphatic carbocycles. The Hall–Kier alpha value is -1.41. The first-order chi connectivity index (χ1) is 10.3. The summed E-state index contributed by atoms with van der Waals surface area (Å²) in [6.07, 6.45) is 3.93. The van der Waals surface area contributed by atoms with Crippen molar-refractivity contribution < 1.29 is 13.2 Å². The normalized spacial score (nSPS) is 19.4. The highest BCUT2D eigenvalue weighted by atomic mass is 32.2. The van der Waals surface area contributed by atoms with E-state index in [4.69, 9.17) is 0 Å². The third-order valence-electron chi connectivity index (χ3n) is 3.92. The van der Waals surface area contributed by atoms with Crippen LogP contribution in [0.2, 0.25) is 0 Å². The molecule has 1 fully saturated rings. The van der Waals surface area contributed by atoms with Gasteiger partial charge in [-0.15, -0.1) is 0 Å². The number of hydrogen-bond acceptors (Lipinski definition) is 4. The Labute approximate surface area is 131 Å². The van der Waals surface area contributed by atoms with Gasteiger partial charge >= 0.3 is 0 Å². The molecule has 8 heteroatoms. The van der Waals surface area contributed by atoms with Crippen LogP contribution in [0.3, 0.4) is 0 Å². The fourth-order valence-electron chi connectivity index (χ4n) is 2.84. The topological polar surface area (TPSA) is 84.3 Å². The van der Waals surface area contributed by atoms with Crippen LogP contribution in [0.4, 0.5) is 0 Å². The Bertz CT molecular complexity index is 639. The molecule has 7 nitrogen and oxygen atoms in total. The third-order valence-corrected chi connectivity index (χ3v) is 4.61. The molecule has 1 aliphatic rings. The van der Waals surface area contributed by atoms with Gasteiger partial charge in [0.25, 0.3) is 0 Å². The molecule has 0 bridgehead atoms. The molecule has 0 aromatic carbocycles. The highest BCUT2D eigenvalue weighted by Gasteiger charge is 2.27. The number of carbonyl (C=O) groups is 1. The summed E-state index contributed by atoms with van der Waals surface area (Å²) in [6, 6.07) is 1.86. The first-order valence-electron chi connectivity index (χ1n) is 7.51. The van der Waals surface area contributed by atoms with E-state index in [1.807, 2.05) is 19.9 Å². The molecule has 1 aromatic heterocycles. The minimum atomic E-state index is -3.24. The van der Waals surface area contributed by atoms with E-state index in [0.29, 0.717) is 6.54 Å². The third kappa shape index (κ3) is 4.54. The van der Waals surface area contributed by atoms with Gasteiger partial charge in [-0.1, -0.05) is 0 Å². The number of sulfonamides is 1. The van der Waals surface area contributed by atoms with E-state index in [1.165, 1.54) is 0 Å². The van der Waals surface area contributed by atoms with Crippen LogP contribution in [0, 0.1) is 13.8 Å². The van der Waals surface area contributed by atoms with Gasteiger partial charge in [0.15, 0.2) is 0 Å². The number of nitrogens with one attached hydrogen (secondary N) is 1. The van der Waals surface area contributed by atoms with E-state index in [1.54, 1.807) is 9.58 Å². The van der Waals surface area contributed by atoms with Crippen LogP contribution < -0.4 is 4.72 Å². The number of nitrogens with zero attached hydrogens (tertiary/aromatic N) is 3. The highest BCUT2D eigenvalue weighted by molar-refractivity contribution is 7.88. The average molecular weight is 328 g/mol. The maximum Gasteiger partial charge on any atom is 0.244 e. The van der Waals surface area contributed by atoms with Gasteiger partial charge in [-0.2, -0.15) is 5.10 Å². The SMILES string of the molecule is Cc1cc(C)n(CC(=O)N2CCCC[C@@H]2CNS(C)(=O)=O)n1. The lowest BCUT2D eigenvalue weighted by Gasteiger charge is -2.35. The molecule has 1 saturated heterocycles. The monoisotopic (exact) mass is 328 g/mol. The molecule has 0 saturated carbocycles. The van der Waals surface area contributed by atoms with Gasteiger partial charge in [0, 0.05) is 24.8 Å². The van der Waals surface area contributed by atoms with Crippen molar-refractivity contribution in [3.8, 4) is 0 Å². The predicted octanol–water partition coefficient (Wildman–Crippen LogP) is 0.430. The zero-order valence-corrected chi connectivity index (χ0v) is 14.2. The summed E-state index contributed by atoms with van der Waals surface area (Å²) in [4.78, 5) is 14.3. The molecule has 1 atom stereocenters. The van der Waals surface area contributed by atoms with E-state index in [9.17, 15) is 13.2 Å². The van der Waals surface area contributed by atoms with Crippen molar-refractivity contribution in [3.63, 3.8) is 0 Å². The standard InChI is InChI=1S/C14H24N4O3S/c1-11-8-12(2)18(16-11)10-14(19)17-7-5-4-6-13(17)9-15-22(3,20)21/h8,13,15H,4-7,9-10H2,1-3H3/t13-/m1/s1. The molecule has 0 unspecified atom stereocenters. The summed E-state index contributed by atoms with van der Waals surface area (Å²) in [6.45, 7) is 4.98. The first kappa shape index (κ1) is 17.0. The van der Waals surface area contributed by atoms with Gasteiger partial charge in [-0.3, -0.25) is 9.48 Å². The van der Waals surface area contributed by atoms with Crippen LogP contribution in [0.5, 0.6) is 0 Å². The number of carbonyl (C=O) groups excluding carboxylic acids is 1. The second-order valence-corrected chi connectivity index (χ2v) is 7.78. The molecule has 2 rings (SSSR count). The molecule has 1 amide bonds. The fourth-order valence-corrected chi connectivity index (χ4v) is 3.34. The quantitative estimate of drug-likeness (QED) is 0.849. The van der Waals surface area contributed by atoms with Crippen molar-refractivity contribution in [2.75, 3.05) is 19.3 Å². The van der Waals surface area contributed by atoms with Crippen molar-refractivity contribution >= 4 is 15.9 Å². The van der Waals surface area contributed by atoms with Gasteiger partial charge < -0.3 is 4.90 Å². The molecule has 22 heavy (non-hydrogen) atoms. The van der Waals surface area contributed by atoms with Crippen LogP contribution in [0.25, 0.3) is 0 Å². The summed E-state index contributed by atoms with van der Waals surface area (Å²) >= 11 is 0. The highest BCUT2D eigenvalue weighted by Crippen LogP contribution is 2.17. The van der Waals surface area contributed by atoms with Crippen molar-refractivity contribution in [2.45, 2.75) is 45.7 Å². The number of rotatable bonds is 5. The number of piperidine rings is 1. The number of hydrogen-bond donors (Lipinski definition) is 1. The molecule has 0 radical (unpaired) electrons. The second kappa shape index (κ2) is 6.78. The van der Waals surface area contributed by atoms with Gasteiger partial charge in [-0.25, -0.2) is 13.1 Å². The maximum absolute atomic E-state index is 12.6. The Morgan fingerprint density at radius 2 is 2.14 bits per heavy atom. The van der Waals surface area contributed by atoms with Crippen LogP contribution in [0.1, 0.15) is 30.7 Å². The number of aromatic nitrogens is 2. The largest absolute Gasteiger partial charge is 0.337 e. The van der Waals surface area contributed by atoms with E-state index in [2.05, 4.69) is 9.82 Å². The van der Waals surface area contributed by atoms with E-state index >= 15 is 0 Å². The van der Waals surface area contributed by atoms with Crippen LogP contribution in [-0.2, 0) is 21.4 Å². The summed E-state index contributed by atoms with van der Waals surface area (Å²) < 4.78 is 26.7. The van der Waals surface area contributed by atoms with Crippen LogP contribution in [0.15, 0.2) is 6.07 Å². The van der Waals surface area contributed by atoms with Gasteiger partial charge in [0.05, 0.1) is 11.9 Å². The van der Waals surface area contributed by atoms with Crippen LogP contribution in [-0.4, -0.2) is 54.4 Å². The minimum Gasteiger partial charge on any atom is -0.337 e. The van der Waals surface area contributed by atoms with Crippen molar-refractivity contribution in [1.82, 2.24) is 19.4 Å².